The lowest BCUT2D eigenvalue weighted by Crippen LogP contribution is -2.03. The van der Waals surface area contributed by atoms with Crippen LogP contribution in [-0.4, -0.2) is 15.0 Å². The summed E-state index contributed by atoms with van der Waals surface area (Å²) in [7, 11) is 0. The second-order valence-electron chi connectivity index (χ2n) is 5.66. The van der Waals surface area contributed by atoms with E-state index in [2.05, 4.69) is 25.9 Å². The van der Waals surface area contributed by atoms with Gasteiger partial charge in [-0.3, -0.25) is 4.98 Å². The normalized spacial score (nSPS) is 15.6. The van der Waals surface area contributed by atoms with Crippen molar-refractivity contribution in [1.29, 1.82) is 0 Å². The van der Waals surface area contributed by atoms with Gasteiger partial charge in [0, 0.05) is 22.9 Å². The minimum Gasteiger partial charge on any atom is -0.258 e. The van der Waals surface area contributed by atoms with Gasteiger partial charge in [-0.05, 0) is 54.8 Å². The fourth-order valence-electron chi connectivity index (χ4n) is 3.00. The highest BCUT2D eigenvalue weighted by Gasteiger charge is 2.23. The van der Waals surface area contributed by atoms with Crippen LogP contribution < -0.4 is 0 Å². The fraction of sp³-hybridized carbons (Fsp3) is 0.438. The van der Waals surface area contributed by atoms with E-state index >= 15 is 0 Å². The number of hydrogen-bond acceptors (Lipinski definition) is 3. The minimum absolute atomic E-state index is 0.489. The van der Waals surface area contributed by atoms with Crippen molar-refractivity contribution in [2.24, 2.45) is 0 Å². The number of pyridine rings is 1. The van der Waals surface area contributed by atoms with Crippen molar-refractivity contribution in [3.63, 3.8) is 0 Å². The Morgan fingerprint density at radius 1 is 1.05 bits per heavy atom. The van der Waals surface area contributed by atoms with Crippen LogP contribution >= 0.6 is 27.5 Å². The summed E-state index contributed by atoms with van der Waals surface area (Å²) in [5.41, 5.74) is 3.97. The summed E-state index contributed by atoms with van der Waals surface area (Å²) in [5, 5.41) is 0.494. The van der Waals surface area contributed by atoms with Gasteiger partial charge in [-0.15, -0.1) is 0 Å². The number of halogens is 2. The standard InChI is InChI=1S/C16H17BrClN3/c1-9-7-12(8-10(2)19-9)16-20-14(11-5-3-4-6-11)13(17)15(18)21-16/h7-8,11H,3-6H2,1-2H3. The molecule has 1 saturated carbocycles. The maximum absolute atomic E-state index is 6.31. The topological polar surface area (TPSA) is 38.7 Å². The highest BCUT2D eigenvalue weighted by Crippen LogP contribution is 2.39. The van der Waals surface area contributed by atoms with Gasteiger partial charge < -0.3 is 0 Å². The molecule has 0 atom stereocenters. The molecule has 110 valence electrons. The second-order valence-corrected chi connectivity index (χ2v) is 6.81. The Bertz CT molecular complexity index is 661. The Morgan fingerprint density at radius 3 is 2.29 bits per heavy atom. The molecule has 21 heavy (non-hydrogen) atoms. The van der Waals surface area contributed by atoms with Crippen LogP contribution in [-0.2, 0) is 0 Å². The molecule has 0 N–H and O–H groups in total. The zero-order valence-corrected chi connectivity index (χ0v) is 14.5. The molecule has 2 aromatic heterocycles. The Hall–Kier alpha value is -1.00. The molecule has 1 fully saturated rings. The van der Waals surface area contributed by atoms with Crippen molar-refractivity contribution >= 4 is 27.5 Å². The third kappa shape index (κ3) is 3.11. The van der Waals surface area contributed by atoms with Crippen LogP contribution in [0.2, 0.25) is 5.15 Å². The number of rotatable bonds is 2. The molecule has 3 nitrogen and oxygen atoms in total. The Labute approximate surface area is 138 Å². The highest BCUT2D eigenvalue weighted by molar-refractivity contribution is 9.10. The molecular formula is C16H17BrClN3. The number of aryl methyl sites for hydroxylation is 2. The van der Waals surface area contributed by atoms with E-state index in [1.807, 2.05) is 26.0 Å². The zero-order valence-electron chi connectivity index (χ0n) is 12.2. The average Bonchev–Trinajstić information content (AvgIpc) is 2.94. The van der Waals surface area contributed by atoms with E-state index in [0.29, 0.717) is 16.9 Å². The Kier molecular flexibility index (Phi) is 4.27. The molecule has 2 aromatic rings. The Balaban J connectivity index is 2.10. The van der Waals surface area contributed by atoms with E-state index in [4.69, 9.17) is 16.6 Å². The lowest BCUT2D eigenvalue weighted by molar-refractivity contribution is 0.690. The first kappa shape index (κ1) is 14.9. The molecule has 5 heteroatoms. The van der Waals surface area contributed by atoms with Crippen LogP contribution in [0.25, 0.3) is 11.4 Å². The van der Waals surface area contributed by atoms with E-state index in [0.717, 1.165) is 27.1 Å². The van der Waals surface area contributed by atoms with Gasteiger partial charge in [0.15, 0.2) is 5.82 Å². The van der Waals surface area contributed by atoms with Crippen molar-refractivity contribution in [2.45, 2.75) is 45.4 Å². The van der Waals surface area contributed by atoms with E-state index in [1.165, 1.54) is 25.7 Å². The van der Waals surface area contributed by atoms with Gasteiger partial charge in [0.25, 0.3) is 0 Å². The van der Waals surface area contributed by atoms with Crippen molar-refractivity contribution in [3.8, 4) is 11.4 Å². The molecular weight excluding hydrogens is 350 g/mol. The van der Waals surface area contributed by atoms with Crippen LogP contribution in [0.4, 0.5) is 0 Å². The van der Waals surface area contributed by atoms with E-state index in [1.54, 1.807) is 0 Å². The summed E-state index contributed by atoms with van der Waals surface area (Å²) < 4.78 is 0.849. The molecule has 0 spiro atoms. The summed E-state index contributed by atoms with van der Waals surface area (Å²) in [6, 6.07) is 4.01. The van der Waals surface area contributed by atoms with Crippen molar-refractivity contribution < 1.29 is 0 Å². The molecule has 0 saturated heterocycles. The van der Waals surface area contributed by atoms with Crippen LogP contribution in [0.3, 0.4) is 0 Å². The lowest BCUT2D eigenvalue weighted by atomic mass is 10.0. The monoisotopic (exact) mass is 365 g/mol. The SMILES string of the molecule is Cc1cc(-c2nc(Cl)c(Br)c(C3CCCC3)n2)cc(C)n1. The molecule has 0 aliphatic heterocycles. The predicted octanol–water partition coefficient (Wildman–Crippen LogP) is 5.23. The smallest absolute Gasteiger partial charge is 0.161 e. The third-order valence-electron chi connectivity index (χ3n) is 3.92. The first-order valence-electron chi connectivity index (χ1n) is 7.23. The maximum Gasteiger partial charge on any atom is 0.161 e. The number of nitrogens with zero attached hydrogens (tertiary/aromatic N) is 3. The quantitative estimate of drug-likeness (QED) is 0.683. The molecule has 0 unspecified atom stereocenters. The minimum atomic E-state index is 0.489. The van der Waals surface area contributed by atoms with Gasteiger partial charge in [0.1, 0.15) is 5.15 Å². The molecule has 1 aliphatic carbocycles. The predicted molar refractivity (Wildman–Crippen MR) is 88.7 cm³/mol. The lowest BCUT2D eigenvalue weighted by Gasteiger charge is -2.13. The first-order valence-corrected chi connectivity index (χ1v) is 8.40. The van der Waals surface area contributed by atoms with Gasteiger partial charge in [0.2, 0.25) is 0 Å². The van der Waals surface area contributed by atoms with E-state index in [9.17, 15) is 0 Å². The Morgan fingerprint density at radius 2 is 1.67 bits per heavy atom. The van der Waals surface area contributed by atoms with E-state index in [-0.39, 0.29) is 0 Å². The van der Waals surface area contributed by atoms with Crippen molar-refractivity contribution in [2.75, 3.05) is 0 Å². The molecule has 2 heterocycles. The van der Waals surface area contributed by atoms with Gasteiger partial charge >= 0.3 is 0 Å². The maximum atomic E-state index is 6.31. The van der Waals surface area contributed by atoms with Crippen LogP contribution in [0.15, 0.2) is 16.6 Å². The summed E-state index contributed by atoms with van der Waals surface area (Å²) in [6.45, 7) is 3.96. The van der Waals surface area contributed by atoms with Crippen LogP contribution in [0.1, 0.15) is 48.7 Å². The van der Waals surface area contributed by atoms with Crippen LogP contribution in [0, 0.1) is 13.8 Å². The number of hydrogen-bond donors (Lipinski definition) is 0. The zero-order chi connectivity index (χ0) is 15.0. The van der Waals surface area contributed by atoms with Crippen molar-refractivity contribution in [1.82, 2.24) is 15.0 Å². The van der Waals surface area contributed by atoms with Gasteiger partial charge in [-0.2, -0.15) is 0 Å². The van der Waals surface area contributed by atoms with Crippen molar-refractivity contribution in [3.05, 3.63) is 38.8 Å². The van der Waals surface area contributed by atoms with E-state index < -0.39 is 0 Å². The number of aromatic nitrogens is 3. The second kappa shape index (κ2) is 6.01. The molecule has 0 radical (unpaired) electrons. The third-order valence-corrected chi connectivity index (χ3v) is 5.20. The fourth-order valence-corrected chi connectivity index (χ4v) is 3.68. The molecule has 0 aromatic carbocycles. The average molecular weight is 367 g/mol. The summed E-state index contributed by atoms with van der Waals surface area (Å²) in [4.78, 5) is 13.6. The molecule has 0 amide bonds. The molecule has 3 rings (SSSR count). The first-order chi connectivity index (χ1) is 10.0. The van der Waals surface area contributed by atoms with Gasteiger partial charge in [-0.25, -0.2) is 9.97 Å². The molecule has 0 bridgehead atoms. The van der Waals surface area contributed by atoms with Crippen LogP contribution in [0.5, 0.6) is 0 Å². The summed E-state index contributed by atoms with van der Waals surface area (Å²) in [5.74, 6) is 1.18. The largest absolute Gasteiger partial charge is 0.258 e. The molecule has 1 aliphatic rings. The summed E-state index contributed by atoms with van der Waals surface area (Å²) >= 11 is 9.87. The van der Waals surface area contributed by atoms with Gasteiger partial charge in [0.05, 0.1) is 10.2 Å². The summed E-state index contributed by atoms with van der Waals surface area (Å²) in [6.07, 6.45) is 4.89. The van der Waals surface area contributed by atoms with Gasteiger partial charge in [-0.1, -0.05) is 24.4 Å². The highest BCUT2D eigenvalue weighted by atomic mass is 79.9.